The van der Waals surface area contributed by atoms with E-state index < -0.39 is 12.1 Å². The molecule has 74 valence electrons. The first kappa shape index (κ1) is 11.6. The molecule has 6 heteroatoms. The zero-order valence-electron chi connectivity index (χ0n) is 6.77. The van der Waals surface area contributed by atoms with Gasteiger partial charge in [0, 0.05) is 3.57 Å². The molecule has 0 spiro atoms. The molecule has 1 aromatic heterocycles. The Morgan fingerprint density at radius 3 is 2.79 bits per heavy atom. The number of hydrogen-bond donors (Lipinski definition) is 0. The maximum atomic E-state index is 12.3. The summed E-state index contributed by atoms with van der Waals surface area (Å²) in [5.74, 6) is 0. The number of aromatic nitrogens is 1. The van der Waals surface area contributed by atoms with Gasteiger partial charge in [-0.25, -0.2) is 13.8 Å². The fourth-order valence-corrected chi connectivity index (χ4v) is 1.91. The molecule has 0 amide bonds. The predicted molar refractivity (Wildman–Crippen MR) is 56.2 cm³/mol. The summed E-state index contributed by atoms with van der Waals surface area (Å²) in [5, 5.41) is 8.37. The molecule has 0 atom stereocenters. The Morgan fingerprint density at radius 2 is 2.29 bits per heavy atom. The summed E-state index contributed by atoms with van der Waals surface area (Å²) in [7, 11) is 0. The van der Waals surface area contributed by atoms with Crippen LogP contribution in [0.15, 0.2) is 6.07 Å². The van der Waals surface area contributed by atoms with Gasteiger partial charge in [0.1, 0.15) is 5.69 Å². The molecule has 0 radical (unpaired) electrons. The fraction of sp³-hybridized carbons (Fsp3) is 0.250. The van der Waals surface area contributed by atoms with E-state index in [4.69, 9.17) is 16.9 Å². The number of nitriles is 1. The molecule has 1 aromatic rings. The van der Waals surface area contributed by atoms with E-state index in [2.05, 4.69) is 4.98 Å². The number of nitrogens with zero attached hydrogens (tertiary/aromatic N) is 2. The molecule has 0 saturated carbocycles. The standard InChI is InChI=1S/C8H4ClF2IN2/c9-4-3-5(12)6(1-2-13)14-7(4)8(10)11/h3,8H,1H2. The van der Waals surface area contributed by atoms with Gasteiger partial charge in [0.25, 0.3) is 6.43 Å². The van der Waals surface area contributed by atoms with Crippen LogP contribution < -0.4 is 0 Å². The Hall–Kier alpha value is -0.480. The molecular formula is C8H4ClF2IN2. The van der Waals surface area contributed by atoms with Crippen LogP contribution >= 0.6 is 34.2 Å². The van der Waals surface area contributed by atoms with E-state index in [1.54, 1.807) is 0 Å². The highest BCUT2D eigenvalue weighted by Gasteiger charge is 2.16. The van der Waals surface area contributed by atoms with Gasteiger partial charge in [0.05, 0.1) is 23.2 Å². The van der Waals surface area contributed by atoms with Gasteiger partial charge in [-0.15, -0.1) is 0 Å². The lowest BCUT2D eigenvalue weighted by atomic mass is 10.2. The largest absolute Gasteiger partial charge is 0.281 e. The van der Waals surface area contributed by atoms with Crippen molar-refractivity contribution < 1.29 is 8.78 Å². The lowest BCUT2D eigenvalue weighted by molar-refractivity contribution is 0.146. The van der Waals surface area contributed by atoms with Gasteiger partial charge in [0.2, 0.25) is 0 Å². The van der Waals surface area contributed by atoms with E-state index in [1.165, 1.54) is 6.07 Å². The van der Waals surface area contributed by atoms with Gasteiger partial charge in [-0.2, -0.15) is 5.26 Å². The Morgan fingerprint density at radius 1 is 1.64 bits per heavy atom. The monoisotopic (exact) mass is 328 g/mol. The lowest BCUT2D eigenvalue weighted by Gasteiger charge is -2.05. The third kappa shape index (κ3) is 2.51. The lowest BCUT2D eigenvalue weighted by Crippen LogP contribution is -1.99. The van der Waals surface area contributed by atoms with E-state index in [-0.39, 0.29) is 11.4 Å². The second-order valence-corrected chi connectivity index (χ2v) is 3.99. The van der Waals surface area contributed by atoms with Crippen molar-refractivity contribution in [2.45, 2.75) is 12.8 Å². The van der Waals surface area contributed by atoms with Crippen molar-refractivity contribution in [1.29, 1.82) is 5.26 Å². The van der Waals surface area contributed by atoms with Gasteiger partial charge in [-0.05, 0) is 28.7 Å². The first-order chi connectivity index (χ1) is 6.56. The van der Waals surface area contributed by atoms with E-state index >= 15 is 0 Å². The van der Waals surface area contributed by atoms with Crippen LogP contribution in [0.5, 0.6) is 0 Å². The Labute approximate surface area is 98.0 Å². The van der Waals surface area contributed by atoms with E-state index in [0.29, 0.717) is 9.26 Å². The van der Waals surface area contributed by atoms with Crippen LogP contribution in [0.2, 0.25) is 5.02 Å². The van der Waals surface area contributed by atoms with Gasteiger partial charge < -0.3 is 0 Å². The molecule has 0 unspecified atom stereocenters. The smallest absolute Gasteiger partial charge is 0.248 e. The number of halogens is 4. The van der Waals surface area contributed by atoms with Crippen LogP contribution in [0.25, 0.3) is 0 Å². The third-order valence-electron chi connectivity index (χ3n) is 1.48. The second kappa shape index (κ2) is 4.84. The SMILES string of the molecule is N#CCc1nc(C(F)F)c(Cl)cc1I. The molecule has 2 nitrogen and oxygen atoms in total. The summed E-state index contributed by atoms with van der Waals surface area (Å²) < 4.78 is 25.3. The Balaban J connectivity index is 3.21. The number of alkyl halides is 2. The molecular weight excluding hydrogens is 324 g/mol. The molecule has 0 aliphatic rings. The summed E-state index contributed by atoms with van der Waals surface area (Å²) in [6, 6.07) is 3.25. The highest BCUT2D eigenvalue weighted by atomic mass is 127. The molecule has 0 N–H and O–H groups in total. The minimum absolute atomic E-state index is 0.00909. The zero-order valence-corrected chi connectivity index (χ0v) is 9.68. The van der Waals surface area contributed by atoms with Crippen molar-refractivity contribution >= 4 is 34.2 Å². The second-order valence-electron chi connectivity index (χ2n) is 2.42. The predicted octanol–water partition coefficient (Wildman–Crippen LogP) is 3.34. The fourth-order valence-electron chi connectivity index (χ4n) is 0.873. The highest BCUT2D eigenvalue weighted by Crippen LogP contribution is 2.27. The minimum atomic E-state index is -2.71. The molecule has 0 aliphatic heterocycles. The maximum absolute atomic E-state index is 12.3. The van der Waals surface area contributed by atoms with Crippen molar-refractivity contribution in [2.24, 2.45) is 0 Å². The number of pyridine rings is 1. The summed E-state index contributed by atoms with van der Waals surface area (Å²) >= 11 is 7.47. The normalized spacial score (nSPS) is 10.3. The molecule has 14 heavy (non-hydrogen) atoms. The van der Waals surface area contributed by atoms with Crippen LogP contribution in [0, 0.1) is 14.9 Å². The molecule has 1 heterocycles. The topological polar surface area (TPSA) is 36.7 Å². The first-order valence-electron chi connectivity index (χ1n) is 3.56. The average molecular weight is 328 g/mol. The van der Waals surface area contributed by atoms with Crippen molar-refractivity contribution in [3.63, 3.8) is 0 Å². The molecule has 0 bridgehead atoms. The van der Waals surface area contributed by atoms with Crippen LogP contribution in [0.3, 0.4) is 0 Å². The van der Waals surface area contributed by atoms with E-state index in [0.717, 1.165) is 0 Å². The van der Waals surface area contributed by atoms with Crippen molar-refractivity contribution in [3.05, 3.63) is 26.0 Å². The molecule has 0 aliphatic carbocycles. The van der Waals surface area contributed by atoms with E-state index in [9.17, 15) is 8.78 Å². The van der Waals surface area contributed by atoms with Crippen molar-refractivity contribution in [1.82, 2.24) is 4.98 Å². The first-order valence-corrected chi connectivity index (χ1v) is 5.02. The highest BCUT2D eigenvalue weighted by molar-refractivity contribution is 14.1. The van der Waals surface area contributed by atoms with Crippen LogP contribution in [-0.2, 0) is 6.42 Å². The van der Waals surface area contributed by atoms with Crippen LogP contribution in [-0.4, -0.2) is 4.98 Å². The average Bonchev–Trinajstić information content (AvgIpc) is 2.09. The molecule has 0 fully saturated rings. The van der Waals surface area contributed by atoms with Gasteiger partial charge >= 0.3 is 0 Å². The zero-order chi connectivity index (χ0) is 10.7. The van der Waals surface area contributed by atoms with E-state index in [1.807, 2.05) is 28.7 Å². The quantitative estimate of drug-likeness (QED) is 0.781. The maximum Gasteiger partial charge on any atom is 0.281 e. The minimum Gasteiger partial charge on any atom is -0.248 e. The van der Waals surface area contributed by atoms with Gasteiger partial charge in [0.15, 0.2) is 0 Å². The third-order valence-corrected chi connectivity index (χ3v) is 2.72. The Bertz CT molecular complexity index is 390. The summed E-state index contributed by atoms with van der Waals surface area (Å²) in [6.07, 6.45) is -2.70. The molecule has 1 rings (SSSR count). The summed E-state index contributed by atoms with van der Waals surface area (Å²) in [5.41, 5.74) is -0.120. The van der Waals surface area contributed by atoms with Crippen LogP contribution in [0.1, 0.15) is 17.8 Å². The molecule has 0 saturated heterocycles. The van der Waals surface area contributed by atoms with Crippen molar-refractivity contribution in [2.75, 3.05) is 0 Å². The number of rotatable bonds is 2. The van der Waals surface area contributed by atoms with Crippen molar-refractivity contribution in [3.8, 4) is 6.07 Å². The molecule has 0 aromatic carbocycles. The number of hydrogen-bond acceptors (Lipinski definition) is 2. The summed E-state index contributed by atoms with van der Waals surface area (Å²) in [4.78, 5) is 3.65. The van der Waals surface area contributed by atoms with Gasteiger partial charge in [-0.1, -0.05) is 11.6 Å². The van der Waals surface area contributed by atoms with Gasteiger partial charge in [-0.3, -0.25) is 0 Å². The van der Waals surface area contributed by atoms with Crippen LogP contribution in [0.4, 0.5) is 8.78 Å². The summed E-state index contributed by atoms with van der Waals surface area (Å²) in [6.45, 7) is 0. The Kier molecular flexibility index (Phi) is 4.01.